The Kier molecular flexibility index (Phi) is 6.55. The number of aromatic nitrogens is 3. The molecule has 0 aliphatic rings. The van der Waals surface area contributed by atoms with Crippen molar-refractivity contribution in [3.8, 4) is 11.6 Å². The number of aryl methyl sites for hydroxylation is 1. The molecule has 2 heterocycles. The molecule has 1 amide bonds. The molecule has 0 saturated carbocycles. The van der Waals surface area contributed by atoms with Crippen LogP contribution in [0.25, 0.3) is 16.7 Å². The minimum atomic E-state index is -0.603. The van der Waals surface area contributed by atoms with E-state index in [1.54, 1.807) is 31.2 Å². The summed E-state index contributed by atoms with van der Waals surface area (Å²) < 4.78 is 12.1. The van der Waals surface area contributed by atoms with E-state index in [1.807, 2.05) is 37.3 Å². The SMILES string of the molecule is CCOC(=O)c1cnn(-c2ccc3ccccc3n2)c1NC(=O)COc1ccc(Cl)c(C)c1. The molecule has 0 radical (unpaired) electrons. The minimum Gasteiger partial charge on any atom is -0.484 e. The highest BCUT2D eigenvalue weighted by molar-refractivity contribution is 6.31. The molecule has 0 aliphatic carbocycles. The van der Waals surface area contributed by atoms with Crippen LogP contribution in [0.5, 0.6) is 5.75 Å². The first-order valence-corrected chi connectivity index (χ1v) is 10.6. The van der Waals surface area contributed by atoms with Gasteiger partial charge in [-0.05, 0) is 55.8 Å². The van der Waals surface area contributed by atoms with Gasteiger partial charge < -0.3 is 14.8 Å². The minimum absolute atomic E-state index is 0.113. The average Bonchev–Trinajstić information content (AvgIpc) is 3.23. The van der Waals surface area contributed by atoms with Gasteiger partial charge in [0.05, 0.1) is 18.3 Å². The maximum absolute atomic E-state index is 12.7. The van der Waals surface area contributed by atoms with Crippen LogP contribution < -0.4 is 10.1 Å². The first kappa shape index (κ1) is 22.3. The second-order valence-electron chi connectivity index (χ2n) is 7.15. The number of nitrogens with one attached hydrogen (secondary N) is 1. The summed E-state index contributed by atoms with van der Waals surface area (Å²) >= 11 is 6.03. The van der Waals surface area contributed by atoms with Crippen molar-refractivity contribution in [3.05, 3.63) is 76.9 Å². The van der Waals surface area contributed by atoms with Gasteiger partial charge in [-0.1, -0.05) is 29.8 Å². The Morgan fingerprint density at radius 1 is 1.12 bits per heavy atom. The Hall–Kier alpha value is -3.91. The summed E-state index contributed by atoms with van der Waals surface area (Å²) in [5.41, 5.74) is 1.70. The zero-order valence-electron chi connectivity index (χ0n) is 18.0. The van der Waals surface area contributed by atoms with Crippen molar-refractivity contribution >= 4 is 40.2 Å². The molecular formula is C24H21ClN4O4. The number of benzene rings is 2. The van der Waals surface area contributed by atoms with Crippen LogP contribution in [-0.4, -0.2) is 39.9 Å². The van der Waals surface area contributed by atoms with Crippen molar-refractivity contribution in [3.63, 3.8) is 0 Å². The summed E-state index contributed by atoms with van der Waals surface area (Å²) in [6.45, 7) is 3.45. The molecule has 0 spiro atoms. The maximum Gasteiger partial charge on any atom is 0.343 e. The fourth-order valence-electron chi connectivity index (χ4n) is 3.20. The van der Waals surface area contributed by atoms with E-state index >= 15 is 0 Å². The molecule has 1 N–H and O–H groups in total. The van der Waals surface area contributed by atoms with Crippen LogP contribution >= 0.6 is 11.6 Å². The Morgan fingerprint density at radius 3 is 2.73 bits per heavy atom. The predicted octanol–water partition coefficient (Wildman–Crippen LogP) is 4.58. The van der Waals surface area contributed by atoms with E-state index in [2.05, 4.69) is 15.4 Å². The lowest BCUT2D eigenvalue weighted by Crippen LogP contribution is -2.23. The summed E-state index contributed by atoms with van der Waals surface area (Å²) in [5.74, 6) is 0.0121. The maximum atomic E-state index is 12.7. The fraction of sp³-hybridized carbons (Fsp3) is 0.167. The number of hydrogen-bond donors (Lipinski definition) is 1. The molecule has 0 unspecified atom stereocenters. The monoisotopic (exact) mass is 464 g/mol. The molecule has 168 valence electrons. The molecule has 0 saturated heterocycles. The molecule has 0 atom stereocenters. The number of ether oxygens (including phenoxy) is 2. The topological polar surface area (TPSA) is 95.3 Å². The Labute approximate surface area is 195 Å². The van der Waals surface area contributed by atoms with Gasteiger partial charge in [-0.25, -0.2) is 9.78 Å². The lowest BCUT2D eigenvalue weighted by atomic mass is 10.2. The van der Waals surface area contributed by atoms with E-state index < -0.39 is 11.9 Å². The van der Waals surface area contributed by atoms with E-state index in [-0.39, 0.29) is 24.6 Å². The zero-order valence-corrected chi connectivity index (χ0v) is 18.8. The zero-order chi connectivity index (χ0) is 23.4. The summed E-state index contributed by atoms with van der Waals surface area (Å²) in [4.78, 5) is 29.7. The first-order chi connectivity index (χ1) is 16.0. The number of fused-ring (bicyclic) bond motifs is 1. The number of anilines is 1. The van der Waals surface area contributed by atoms with Crippen LogP contribution in [0.15, 0.2) is 60.8 Å². The summed E-state index contributed by atoms with van der Waals surface area (Å²) in [6.07, 6.45) is 1.34. The normalized spacial score (nSPS) is 10.8. The molecule has 8 nitrogen and oxygen atoms in total. The van der Waals surface area contributed by atoms with Gasteiger partial charge in [0.1, 0.15) is 11.3 Å². The molecule has 2 aromatic heterocycles. The van der Waals surface area contributed by atoms with Crippen molar-refractivity contribution in [1.29, 1.82) is 0 Å². The summed E-state index contributed by atoms with van der Waals surface area (Å²) in [5, 5.41) is 8.55. The Bertz CT molecular complexity index is 1340. The third-order valence-corrected chi connectivity index (χ3v) is 5.25. The molecule has 4 aromatic rings. The number of rotatable bonds is 7. The second-order valence-corrected chi connectivity index (χ2v) is 7.56. The number of carbonyl (C=O) groups excluding carboxylic acids is 2. The van der Waals surface area contributed by atoms with Gasteiger partial charge in [0.15, 0.2) is 18.2 Å². The van der Waals surface area contributed by atoms with E-state index in [0.717, 1.165) is 16.5 Å². The van der Waals surface area contributed by atoms with Crippen molar-refractivity contribution < 1.29 is 19.1 Å². The second kappa shape index (κ2) is 9.70. The smallest absolute Gasteiger partial charge is 0.343 e. The van der Waals surface area contributed by atoms with Crippen LogP contribution in [0.3, 0.4) is 0 Å². The summed E-state index contributed by atoms with van der Waals surface area (Å²) in [6, 6.07) is 16.4. The number of nitrogens with zero attached hydrogens (tertiary/aromatic N) is 3. The van der Waals surface area contributed by atoms with E-state index in [9.17, 15) is 9.59 Å². The van der Waals surface area contributed by atoms with E-state index in [4.69, 9.17) is 21.1 Å². The first-order valence-electron chi connectivity index (χ1n) is 10.3. The average molecular weight is 465 g/mol. The number of amides is 1. The number of pyridine rings is 1. The largest absolute Gasteiger partial charge is 0.484 e. The van der Waals surface area contributed by atoms with Gasteiger partial charge in [-0.15, -0.1) is 0 Å². The van der Waals surface area contributed by atoms with Crippen molar-refractivity contribution in [2.24, 2.45) is 0 Å². The van der Waals surface area contributed by atoms with Gasteiger partial charge in [0.2, 0.25) is 0 Å². The van der Waals surface area contributed by atoms with E-state index in [0.29, 0.717) is 16.6 Å². The quantitative estimate of drug-likeness (QED) is 0.402. The molecular weight excluding hydrogens is 444 g/mol. The van der Waals surface area contributed by atoms with Crippen LogP contribution in [-0.2, 0) is 9.53 Å². The molecule has 0 fully saturated rings. The number of carbonyl (C=O) groups is 2. The van der Waals surface area contributed by atoms with Crippen LogP contribution in [0, 0.1) is 6.92 Å². The molecule has 9 heteroatoms. The lowest BCUT2D eigenvalue weighted by Gasteiger charge is -2.12. The molecule has 33 heavy (non-hydrogen) atoms. The van der Waals surface area contributed by atoms with Crippen molar-refractivity contribution in [1.82, 2.24) is 14.8 Å². The highest BCUT2D eigenvalue weighted by Crippen LogP contribution is 2.23. The van der Waals surface area contributed by atoms with Gasteiger partial charge in [-0.2, -0.15) is 9.78 Å². The molecule has 0 aliphatic heterocycles. The van der Waals surface area contributed by atoms with E-state index in [1.165, 1.54) is 10.9 Å². The number of para-hydroxylation sites is 1. The number of halogens is 1. The highest BCUT2D eigenvalue weighted by atomic mass is 35.5. The molecule has 4 rings (SSSR count). The van der Waals surface area contributed by atoms with Crippen LogP contribution in [0.1, 0.15) is 22.8 Å². The predicted molar refractivity (Wildman–Crippen MR) is 125 cm³/mol. The fourth-order valence-corrected chi connectivity index (χ4v) is 3.32. The highest BCUT2D eigenvalue weighted by Gasteiger charge is 2.22. The van der Waals surface area contributed by atoms with Gasteiger partial charge >= 0.3 is 5.97 Å². The Balaban J connectivity index is 1.61. The van der Waals surface area contributed by atoms with Crippen molar-refractivity contribution in [2.45, 2.75) is 13.8 Å². The van der Waals surface area contributed by atoms with Crippen LogP contribution in [0.2, 0.25) is 5.02 Å². The standard InChI is InChI=1S/C24H21ClN4O4/c1-3-32-24(31)18-13-26-29(21-11-8-16-6-4-5-7-20(16)27-21)23(18)28-22(30)14-33-17-9-10-19(25)15(2)12-17/h4-13H,3,14H2,1-2H3,(H,28,30). The number of hydrogen-bond acceptors (Lipinski definition) is 6. The third-order valence-electron chi connectivity index (χ3n) is 4.82. The molecule has 0 bridgehead atoms. The number of esters is 1. The van der Waals surface area contributed by atoms with Crippen LogP contribution in [0.4, 0.5) is 5.82 Å². The summed E-state index contributed by atoms with van der Waals surface area (Å²) in [7, 11) is 0. The Morgan fingerprint density at radius 2 is 1.94 bits per heavy atom. The van der Waals surface area contributed by atoms with Crippen molar-refractivity contribution in [2.75, 3.05) is 18.5 Å². The van der Waals surface area contributed by atoms with Gasteiger partial charge in [0.25, 0.3) is 5.91 Å². The molecule has 2 aromatic carbocycles. The van der Waals surface area contributed by atoms with Gasteiger partial charge in [0, 0.05) is 10.4 Å². The lowest BCUT2D eigenvalue weighted by molar-refractivity contribution is -0.118. The third kappa shape index (κ3) is 4.96. The van der Waals surface area contributed by atoms with Gasteiger partial charge in [-0.3, -0.25) is 4.79 Å².